The Labute approximate surface area is 207 Å². The van der Waals surface area contributed by atoms with Crippen LogP contribution >= 0.6 is 0 Å². The first-order chi connectivity index (χ1) is 17.3. The van der Waals surface area contributed by atoms with Gasteiger partial charge in [0.25, 0.3) is 5.91 Å². The molecule has 0 radical (unpaired) electrons. The van der Waals surface area contributed by atoms with Crippen molar-refractivity contribution in [2.75, 3.05) is 18.5 Å². The molecule has 1 fully saturated rings. The number of hydrogen-bond acceptors (Lipinski definition) is 7. The smallest absolute Gasteiger partial charge is 0.251 e. The minimum absolute atomic E-state index is 0.124. The quantitative estimate of drug-likeness (QED) is 0.376. The lowest BCUT2D eigenvalue weighted by molar-refractivity contribution is 0.0695. The van der Waals surface area contributed by atoms with Crippen molar-refractivity contribution in [1.29, 1.82) is 0 Å². The summed E-state index contributed by atoms with van der Waals surface area (Å²) in [5.74, 6) is 0.0834. The van der Waals surface area contributed by atoms with Crippen molar-refractivity contribution in [3.63, 3.8) is 0 Å². The number of nitrogens with one attached hydrogen (secondary N) is 2. The molecule has 0 bridgehead atoms. The Balaban J connectivity index is 1.36. The van der Waals surface area contributed by atoms with Gasteiger partial charge in [-0.15, -0.1) is 0 Å². The average molecular weight is 491 g/mol. The van der Waals surface area contributed by atoms with Gasteiger partial charge in [-0.3, -0.25) is 9.36 Å². The van der Waals surface area contributed by atoms with Crippen LogP contribution in [0.15, 0.2) is 54.9 Å². The SMILES string of the molecule is CC(C)(O)c1cccc(-n2cc(F)c3cnc(Nc4ccc(C(=O)NC5CCOCC5)cc4)nc32)n1. The maximum absolute atomic E-state index is 14.6. The molecule has 36 heavy (non-hydrogen) atoms. The summed E-state index contributed by atoms with van der Waals surface area (Å²) in [6, 6.07) is 12.3. The van der Waals surface area contributed by atoms with E-state index < -0.39 is 11.4 Å². The van der Waals surface area contributed by atoms with Crippen molar-refractivity contribution < 1.29 is 19.0 Å². The summed E-state index contributed by atoms with van der Waals surface area (Å²) in [6.45, 7) is 4.59. The molecule has 3 aromatic heterocycles. The van der Waals surface area contributed by atoms with Crippen LogP contribution in [0.1, 0.15) is 42.7 Å². The molecular weight excluding hydrogens is 463 g/mol. The molecule has 0 aliphatic carbocycles. The van der Waals surface area contributed by atoms with Gasteiger partial charge in [-0.2, -0.15) is 4.98 Å². The van der Waals surface area contributed by atoms with Gasteiger partial charge in [-0.25, -0.2) is 14.4 Å². The minimum atomic E-state index is -1.15. The largest absolute Gasteiger partial charge is 0.384 e. The second kappa shape index (κ2) is 9.63. The Morgan fingerprint density at radius 1 is 1.14 bits per heavy atom. The fraction of sp³-hybridized carbons (Fsp3) is 0.308. The molecule has 1 aliphatic heterocycles. The standard InChI is InChI=1S/C26H27FN6O3/c1-26(2,35)21-4-3-5-22(31-21)33-15-20(27)19-14-28-25(32-23(19)33)30-17-8-6-16(7-9-17)24(34)29-18-10-12-36-13-11-18/h3-9,14-15,18,35H,10-13H2,1-2H3,(H,29,34)(H,28,30,32). The summed E-state index contributed by atoms with van der Waals surface area (Å²) in [5, 5.41) is 16.7. The summed E-state index contributed by atoms with van der Waals surface area (Å²) < 4.78 is 21.5. The summed E-state index contributed by atoms with van der Waals surface area (Å²) in [6.07, 6.45) is 4.33. The zero-order chi connectivity index (χ0) is 25.3. The second-order valence-electron chi connectivity index (χ2n) is 9.28. The van der Waals surface area contributed by atoms with E-state index in [0.717, 1.165) is 12.8 Å². The van der Waals surface area contributed by atoms with Crippen LogP contribution < -0.4 is 10.6 Å². The van der Waals surface area contributed by atoms with Gasteiger partial charge in [-0.1, -0.05) is 6.07 Å². The Morgan fingerprint density at radius 3 is 2.61 bits per heavy atom. The van der Waals surface area contributed by atoms with Crippen molar-refractivity contribution in [3.05, 3.63) is 71.9 Å². The Bertz CT molecular complexity index is 1390. The van der Waals surface area contributed by atoms with E-state index in [2.05, 4.69) is 25.6 Å². The number of hydrogen-bond donors (Lipinski definition) is 3. The number of benzene rings is 1. The van der Waals surface area contributed by atoms with Crippen LogP contribution in [-0.2, 0) is 10.3 Å². The summed E-state index contributed by atoms with van der Waals surface area (Å²) >= 11 is 0. The average Bonchev–Trinajstić information content (AvgIpc) is 3.20. The highest BCUT2D eigenvalue weighted by atomic mass is 19.1. The van der Waals surface area contributed by atoms with E-state index in [-0.39, 0.29) is 23.3 Å². The zero-order valence-corrected chi connectivity index (χ0v) is 20.0. The molecule has 186 valence electrons. The third kappa shape index (κ3) is 5.05. The predicted octanol–water partition coefficient (Wildman–Crippen LogP) is 3.83. The number of aliphatic hydroxyl groups is 1. The number of fused-ring (bicyclic) bond motifs is 1. The van der Waals surface area contributed by atoms with Crippen LogP contribution in [0.25, 0.3) is 16.9 Å². The molecular formula is C26H27FN6O3. The lowest BCUT2D eigenvalue weighted by Gasteiger charge is -2.23. The molecule has 1 amide bonds. The second-order valence-corrected chi connectivity index (χ2v) is 9.28. The molecule has 9 nitrogen and oxygen atoms in total. The van der Waals surface area contributed by atoms with E-state index in [1.807, 2.05) is 0 Å². The minimum Gasteiger partial charge on any atom is -0.384 e. The Morgan fingerprint density at radius 2 is 1.89 bits per heavy atom. The van der Waals surface area contributed by atoms with Crippen LogP contribution in [-0.4, -0.2) is 49.8 Å². The molecule has 10 heteroatoms. The molecule has 4 aromatic rings. The normalized spacial score (nSPS) is 14.7. The van der Waals surface area contributed by atoms with Crippen LogP contribution in [0, 0.1) is 5.82 Å². The molecule has 5 rings (SSSR count). The number of ether oxygens (including phenoxy) is 1. The molecule has 3 N–H and O–H groups in total. The third-order valence-electron chi connectivity index (χ3n) is 6.06. The number of aromatic nitrogens is 4. The van der Waals surface area contributed by atoms with Crippen molar-refractivity contribution >= 4 is 28.6 Å². The first-order valence-corrected chi connectivity index (χ1v) is 11.8. The maximum atomic E-state index is 14.6. The monoisotopic (exact) mass is 490 g/mol. The Hall–Kier alpha value is -3.89. The molecule has 0 saturated carbocycles. The number of rotatable bonds is 6. The zero-order valence-electron chi connectivity index (χ0n) is 20.0. The van der Waals surface area contributed by atoms with E-state index in [9.17, 15) is 14.3 Å². The van der Waals surface area contributed by atoms with Gasteiger partial charge in [0.2, 0.25) is 5.95 Å². The molecule has 0 atom stereocenters. The van der Waals surface area contributed by atoms with Crippen LogP contribution in [0.2, 0.25) is 0 Å². The first-order valence-electron chi connectivity index (χ1n) is 11.8. The number of halogens is 1. The molecule has 1 aromatic carbocycles. The highest BCUT2D eigenvalue weighted by Gasteiger charge is 2.20. The van der Waals surface area contributed by atoms with Crippen molar-refractivity contribution in [1.82, 2.24) is 24.8 Å². The van der Waals surface area contributed by atoms with Gasteiger partial charge in [0.05, 0.1) is 11.1 Å². The molecule has 0 spiro atoms. The van der Waals surface area contributed by atoms with Gasteiger partial charge in [0.1, 0.15) is 11.4 Å². The number of pyridine rings is 1. The molecule has 0 unspecified atom stereocenters. The number of anilines is 2. The summed E-state index contributed by atoms with van der Waals surface area (Å²) in [5.41, 5.74) is 0.871. The van der Waals surface area contributed by atoms with Crippen molar-refractivity contribution in [2.45, 2.75) is 38.3 Å². The summed E-state index contributed by atoms with van der Waals surface area (Å²) in [4.78, 5) is 25.7. The van der Waals surface area contributed by atoms with E-state index >= 15 is 0 Å². The van der Waals surface area contributed by atoms with Crippen LogP contribution in [0.4, 0.5) is 16.0 Å². The van der Waals surface area contributed by atoms with Gasteiger partial charge in [0.15, 0.2) is 11.5 Å². The number of nitrogens with zero attached hydrogens (tertiary/aromatic N) is 4. The molecule has 1 aliphatic rings. The predicted molar refractivity (Wildman–Crippen MR) is 133 cm³/mol. The van der Waals surface area contributed by atoms with Crippen molar-refractivity contribution in [2.24, 2.45) is 0 Å². The number of carbonyl (C=O) groups excluding carboxylic acids is 1. The topological polar surface area (TPSA) is 114 Å². The van der Waals surface area contributed by atoms with E-state index in [1.54, 1.807) is 56.3 Å². The van der Waals surface area contributed by atoms with Gasteiger partial charge in [-0.05, 0) is 63.1 Å². The maximum Gasteiger partial charge on any atom is 0.251 e. The molecule has 4 heterocycles. The fourth-order valence-corrected chi connectivity index (χ4v) is 4.05. The van der Waals surface area contributed by atoms with Crippen LogP contribution in [0.3, 0.4) is 0 Å². The fourth-order valence-electron chi connectivity index (χ4n) is 4.05. The highest BCUT2D eigenvalue weighted by molar-refractivity contribution is 5.94. The third-order valence-corrected chi connectivity index (χ3v) is 6.06. The highest BCUT2D eigenvalue weighted by Crippen LogP contribution is 2.25. The van der Waals surface area contributed by atoms with Gasteiger partial charge in [0, 0.05) is 42.9 Å². The van der Waals surface area contributed by atoms with Crippen molar-refractivity contribution in [3.8, 4) is 5.82 Å². The van der Waals surface area contributed by atoms with Crippen LogP contribution in [0.5, 0.6) is 0 Å². The molecule has 1 saturated heterocycles. The van der Waals surface area contributed by atoms with E-state index in [4.69, 9.17) is 4.74 Å². The number of amides is 1. The van der Waals surface area contributed by atoms with E-state index in [0.29, 0.717) is 41.6 Å². The lowest BCUT2D eigenvalue weighted by Crippen LogP contribution is -2.38. The van der Waals surface area contributed by atoms with Gasteiger partial charge >= 0.3 is 0 Å². The first kappa shape index (κ1) is 23.8. The Kier molecular flexibility index (Phi) is 6.38. The van der Waals surface area contributed by atoms with Gasteiger partial charge < -0.3 is 20.5 Å². The van der Waals surface area contributed by atoms with E-state index in [1.165, 1.54) is 17.0 Å². The lowest BCUT2D eigenvalue weighted by atomic mass is 10.1. The number of carbonyl (C=O) groups is 1. The summed E-state index contributed by atoms with van der Waals surface area (Å²) in [7, 11) is 0.